The van der Waals surface area contributed by atoms with E-state index in [4.69, 9.17) is 5.26 Å². The Morgan fingerprint density at radius 1 is 1.24 bits per heavy atom. The van der Waals surface area contributed by atoms with Crippen molar-refractivity contribution in [3.05, 3.63) is 48.0 Å². The zero-order chi connectivity index (χ0) is 12.3. The fourth-order valence-corrected chi connectivity index (χ4v) is 1.77. The van der Waals surface area contributed by atoms with Crippen molar-refractivity contribution in [2.24, 2.45) is 0 Å². The topological polar surface area (TPSA) is 44.1 Å². The Balaban J connectivity index is 2.26. The molecular weight excluding hydrogens is 212 g/mol. The summed E-state index contributed by atoms with van der Waals surface area (Å²) in [7, 11) is 1.63. The summed E-state index contributed by atoms with van der Waals surface area (Å²) < 4.78 is 0. The van der Waals surface area contributed by atoms with Crippen molar-refractivity contribution < 1.29 is 4.79 Å². The maximum atomic E-state index is 11.1. The standard InChI is InChI=1S/C14H12N2O/c1-16(14(17)9-15)10-11-6-7-12-4-2-3-5-13(12)8-11/h2-8H,10H2,1H3. The molecule has 84 valence electrons. The Hall–Kier alpha value is -2.34. The van der Waals surface area contributed by atoms with Crippen molar-refractivity contribution in [3.63, 3.8) is 0 Å². The summed E-state index contributed by atoms with van der Waals surface area (Å²) in [4.78, 5) is 12.6. The molecule has 0 aromatic heterocycles. The zero-order valence-corrected chi connectivity index (χ0v) is 9.55. The fourth-order valence-electron chi connectivity index (χ4n) is 1.77. The van der Waals surface area contributed by atoms with Gasteiger partial charge in [0.15, 0.2) is 6.07 Å². The summed E-state index contributed by atoms with van der Waals surface area (Å²) in [6.45, 7) is 0.456. The van der Waals surface area contributed by atoms with Gasteiger partial charge in [-0.2, -0.15) is 5.26 Å². The lowest BCUT2D eigenvalue weighted by atomic mass is 10.1. The summed E-state index contributed by atoms with van der Waals surface area (Å²) in [5.41, 5.74) is 1.02. The Morgan fingerprint density at radius 2 is 1.94 bits per heavy atom. The number of amides is 1. The van der Waals surface area contributed by atoms with Gasteiger partial charge in [-0.05, 0) is 22.4 Å². The van der Waals surface area contributed by atoms with E-state index in [1.165, 1.54) is 10.3 Å². The summed E-state index contributed by atoms with van der Waals surface area (Å²) in [5.74, 6) is -0.516. The fraction of sp³-hybridized carbons (Fsp3) is 0.143. The van der Waals surface area contributed by atoms with Gasteiger partial charge in [-0.3, -0.25) is 4.79 Å². The molecule has 0 aliphatic heterocycles. The highest BCUT2D eigenvalue weighted by atomic mass is 16.2. The van der Waals surface area contributed by atoms with E-state index in [2.05, 4.69) is 0 Å². The third kappa shape index (κ3) is 2.43. The largest absolute Gasteiger partial charge is 0.329 e. The van der Waals surface area contributed by atoms with E-state index in [-0.39, 0.29) is 0 Å². The number of hydrogen-bond acceptors (Lipinski definition) is 2. The van der Waals surface area contributed by atoms with E-state index in [0.717, 1.165) is 10.9 Å². The highest BCUT2D eigenvalue weighted by molar-refractivity contribution is 5.91. The van der Waals surface area contributed by atoms with Crippen LogP contribution in [0.4, 0.5) is 0 Å². The minimum atomic E-state index is -0.516. The van der Waals surface area contributed by atoms with E-state index >= 15 is 0 Å². The summed E-state index contributed by atoms with van der Waals surface area (Å²) in [6.07, 6.45) is 0. The number of carbonyl (C=O) groups excluding carboxylic acids is 1. The minimum Gasteiger partial charge on any atom is -0.329 e. The molecule has 0 aliphatic rings. The van der Waals surface area contributed by atoms with Crippen LogP contribution in [0, 0.1) is 11.3 Å². The van der Waals surface area contributed by atoms with Crippen molar-refractivity contribution in [1.29, 1.82) is 5.26 Å². The number of hydrogen-bond donors (Lipinski definition) is 0. The lowest BCUT2D eigenvalue weighted by Crippen LogP contribution is -2.24. The normalized spacial score (nSPS) is 9.88. The highest BCUT2D eigenvalue weighted by Crippen LogP contribution is 2.16. The van der Waals surface area contributed by atoms with E-state index < -0.39 is 5.91 Å². The van der Waals surface area contributed by atoms with Gasteiger partial charge < -0.3 is 4.90 Å². The van der Waals surface area contributed by atoms with Crippen LogP contribution in [0.15, 0.2) is 42.5 Å². The van der Waals surface area contributed by atoms with Crippen LogP contribution in [0.25, 0.3) is 10.8 Å². The van der Waals surface area contributed by atoms with Gasteiger partial charge in [0.05, 0.1) is 0 Å². The lowest BCUT2D eigenvalue weighted by Gasteiger charge is -2.13. The molecule has 0 aliphatic carbocycles. The molecule has 0 atom stereocenters. The molecule has 3 nitrogen and oxygen atoms in total. The quantitative estimate of drug-likeness (QED) is 0.735. The van der Waals surface area contributed by atoms with Gasteiger partial charge in [-0.15, -0.1) is 0 Å². The minimum absolute atomic E-state index is 0.456. The summed E-state index contributed by atoms with van der Waals surface area (Å²) >= 11 is 0. The molecule has 0 N–H and O–H groups in total. The third-order valence-corrected chi connectivity index (χ3v) is 2.68. The third-order valence-electron chi connectivity index (χ3n) is 2.68. The van der Waals surface area contributed by atoms with Gasteiger partial charge in [0, 0.05) is 13.6 Å². The number of fused-ring (bicyclic) bond motifs is 1. The van der Waals surface area contributed by atoms with Gasteiger partial charge in [-0.25, -0.2) is 0 Å². The zero-order valence-electron chi connectivity index (χ0n) is 9.55. The molecular formula is C14H12N2O. The maximum absolute atomic E-state index is 11.1. The molecule has 0 saturated carbocycles. The maximum Gasteiger partial charge on any atom is 0.325 e. The number of nitrogens with zero attached hydrogens (tertiary/aromatic N) is 2. The molecule has 0 radical (unpaired) electrons. The van der Waals surface area contributed by atoms with Gasteiger partial charge in [0.2, 0.25) is 0 Å². The number of carbonyl (C=O) groups is 1. The molecule has 0 bridgehead atoms. The Morgan fingerprint density at radius 3 is 2.65 bits per heavy atom. The van der Waals surface area contributed by atoms with Gasteiger partial charge >= 0.3 is 5.91 Å². The van der Waals surface area contributed by atoms with Crippen LogP contribution in [0.2, 0.25) is 0 Å². The second-order valence-corrected chi connectivity index (χ2v) is 3.95. The predicted octanol–water partition coefficient (Wildman–Crippen LogP) is 2.32. The first-order valence-corrected chi connectivity index (χ1v) is 5.33. The van der Waals surface area contributed by atoms with E-state index in [9.17, 15) is 4.79 Å². The van der Waals surface area contributed by atoms with Crippen molar-refractivity contribution in [1.82, 2.24) is 4.90 Å². The second-order valence-electron chi connectivity index (χ2n) is 3.95. The highest BCUT2D eigenvalue weighted by Gasteiger charge is 2.07. The van der Waals surface area contributed by atoms with E-state index in [1.807, 2.05) is 42.5 Å². The van der Waals surface area contributed by atoms with Gasteiger partial charge in [0.25, 0.3) is 0 Å². The van der Waals surface area contributed by atoms with E-state index in [1.54, 1.807) is 13.1 Å². The molecule has 1 amide bonds. The number of rotatable bonds is 2. The molecule has 2 aromatic carbocycles. The molecule has 17 heavy (non-hydrogen) atoms. The van der Waals surface area contributed by atoms with Crippen molar-refractivity contribution >= 4 is 16.7 Å². The molecule has 0 fully saturated rings. The summed E-state index contributed by atoms with van der Waals surface area (Å²) in [5, 5.41) is 10.8. The molecule has 2 aromatic rings. The number of nitriles is 1. The number of benzene rings is 2. The predicted molar refractivity (Wildman–Crippen MR) is 66.0 cm³/mol. The van der Waals surface area contributed by atoms with E-state index in [0.29, 0.717) is 6.54 Å². The average Bonchev–Trinajstić information content (AvgIpc) is 2.37. The van der Waals surface area contributed by atoms with Crippen LogP contribution >= 0.6 is 0 Å². The van der Waals surface area contributed by atoms with Crippen molar-refractivity contribution in [3.8, 4) is 6.07 Å². The van der Waals surface area contributed by atoms with Gasteiger partial charge in [-0.1, -0.05) is 36.4 Å². The summed E-state index contributed by atoms with van der Waals surface area (Å²) in [6, 6.07) is 15.7. The molecule has 2 rings (SSSR count). The average molecular weight is 224 g/mol. The molecule has 0 unspecified atom stereocenters. The van der Waals surface area contributed by atoms with Crippen LogP contribution in [-0.2, 0) is 11.3 Å². The van der Waals surface area contributed by atoms with Gasteiger partial charge in [0.1, 0.15) is 0 Å². The first-order valence-electron chi connectivity index (χ1n) is 5.33. The van der Waals surface area contributed by atoms with Crippen molar-refractivity contribution in [2.75, 3.05) is 7.05 Å². The van der Waals surface area contributed by atoms with Crippen LogP contribution < -0.4 is 0 Å². The molecule has 0 spiro atoms. The van der Waals surface area contributed by atoms with Crippen LogP contribution in [0.3, 0.4) is 0 Å². The van der Waals surface area contributed by atoms with Crippen LogP contribution in [-0.4, -0.2) is 17.9 Å². The smallest absolute Gasteiger partial charge is 0.325 e. The molecule has 0 heterocycles. The Kier molecular flexibility index (Phi) is 3.06. The lowest BCUT2D eigenvalue weighted by molar-refractivity contribution is -0.124. The first kappa shape index (κ1) is 11.2. The monoisotopic (exact) mass is 224 g/mol. The Labute approximate surface area is 99.9 Å². The van der Waals surface area contributed by atoms with Crippen LogP contribution in [0.1, 0.15) is 5.56 Å². The molecule has 0 saturated heterocycles. The SMILES string of the molecule is CN(Cc1ccc2ccccc2c1)C(=O)C#N. The van der Waals surface area contributed by atoms with Crippen LogP contribution in [0.5, 0.6) is 0 Å². The first-order chi connectivity index (χ1) is 8.20. The second kappa shape index (κ2) is 4.67. The Bertz CT molecular complexity index is 598. The van der Waals surface area contributed by atoms with Crippen molar-refractivity contribution in [2.45, 2.75) is 6.54 Å². The molecule has 3 heteroatoms.